The molecule has 1 saturated heterocycles. The molecule has 1 aromatic rings. The van der Waals surface area contributed by atoms with Crippen LogP contribution in [0.15, 0.2) is 12.4 Å². The van der Waals surface area contributed by atoms with Gasteiger partial charge in [0.05, 0.1) is 6.20 Å². The molecule has 5 nitrogen and oxygen atoms in total. The molecule has 2 aliphatic rings. The van der Waals surface area contributed by atoms with E-state index in [0.717, 1.165) is 31.0 Å². The van der Waals surface area contributed by atoms with E-state index in [-0.39, 0.29) is 5.91 Å². The molecule has 0 bridgehead atoms. The van der Waals surface area contributed by atoms with Gasteiger partial charge in [-0.2, -0.15) is 5.10 Å². The zero-order valence-electron chi connectivity index (χ0n) is 13.7. The fourth-order valence-corrected chi connectivity index (χ4v) is 3.51. The van der Waals surface area contributed by atoms with Crippen molar-refractivity contribution >= 4 is 5.91 Å². The van der Waals surface area contributed by atoms with Crippen LogP contribution in [0.3, 0.4) is 0 Å². The van der Waals surface area contributed by atoms with Crippen LogP contribution in [0.4, 0.5) is 0 Å². The van der Waals surface area contributed by atoms with Gasteiger partial charge < -0.3 is 10.2 Å². The van der Waals surface area contributed by atoms with Gasteiger partial charge in [-0.1, -0.05) is 13.8 Å². The minimum atomic E-state index is 0.171. The molecule has 1 aliphatic carbocycles. The summed E-state index contributed by atoms with van der Waals surface area (Å²) in [6.45, 7) is 7.94. The first-order valence-electron chi connectivity index (χ1n) is 8.61. The molecule has 0 spiro atoms. The topological polar surface area (TPSA) is 61.0 Å². The number of rotatable bonds is 7. The van der Waals surface area contributed by atoms with Crippen molar-refractivity contribution in [2.75, 3.05) is 19.6 Å². The average Bonchev–Trinajstić information content (AvgIpc) is 2.99. The molecule has 1 saturated carbocycles. The molecule has 1 aliphatic heterocycles. The van der Waals surface area contributed by atoms with Crippen molar-refractivity contribution in [3.05, 3.63) is 18.0 Å². The molecule has 1 aromatic heterocycles. The number of H-pyrrole nitrogens is 1. The number of aryl methyl sites for hydroxylation is 1. The molecule has 5 heteroatoms. The van der Waals surface area contributed by atoms with Gasteiger partial charge in [0.2, 0.25) is 5.91 Å². The summed E-state index contributed by atoms with van der Waals surface area (Å²) < 4.78 is 0. The fraction of sp³-hybridized carbons (Fsp3) is 0.765. The molecule has 0 aromatic carbocycles. The third-order valence-electron chi connectivity index (χ3n) is 5.05. The maximum Gasteiger partial charge on any atom is 0.220 e. The second kappa shape index (κ2) is 6.82. The minimum Gasteiger partial charge on any atom is -0.352 e. The van der Waals surface area contributed by atoms with Gasteiger partial charge in [-0.15, -0.1) is 0 Å². The zero-order chi connectivity index (χ0) is 15.5. The summed E-state index contributed by atoms with van der Waals surface area (Å²) in [7, 11) is 0. The third kappa shape index (κ3) is 4.09. The van der Waals surface area contributed by atoms with E-state index in [1.165, 1.54) is 19.4 Å². The highest BCUT2D eigenvalue weighted by Gasteiger charge is 2.37. The maximum absolute atomic E-state index is 12.2. The van der Waals surface area contributed by atoms with E-state index in [9.17, 15) is 4.79 Å². The van der Waals surface area contributed by atoms with Crippen molar-refractivity contribution in [1.29, 1.82) is 0 Å². The molecule has 0 unspecified atom stereocenters. The van der Waals surface area contributed by atoms with E-state index in [2.05, 4.69) is 34.3 Å². The van der Waals surface area contributed by atoms with Crippen LogP contribution in [-0.4, -0.2) is 46.7 Å². The van der Waals surface area contributed by atoms with E-state index in [1.54, 1.807) is 6.20 Å². The maximum atomic E-state index is 12.2. The zero-order valence-corrected chi connectivity index (χ0v) is 13.7. The summed E-state index contributed by atoms with van der Waals surface area (Å²) in [4.78, 5) is 14.8. The van der Waals surface area contributed by atoms with Crippen LogP contribution in [0.1, 0.15) is 38.7 Å². The predicted octanol–water partition coefficient (Wildman–Crippen LogP) is 1.82. The Morgan fingerprint density at radius 3 is 2.91 bits per heavy atom. The fourth-order valence-electron chi connectivity index (χ4n) is 3.51. The SMILES string of the molecule is CC(C)[C@H]1CN(CC2CC2)C[C@@H]1NC(=O)CCc1cn[nH]c1. The van der Waals surface area contributed by atoms with E-state index in [0.29, 0.717) is 24.3 Å². The van der Waals surface area contributed by atoms with E-state index < -0.39 is 0 Å². The highest BCUT2D eigenvalue weighted by Crippen LogP contribution is 2.33. The monoisotopic (exact) mass is 304 g/mol. The van der Waals surface area contributed by atoms with Crippen LogP contribution in [-0.2, 0) is 11.2 Å². The highest BCUT2D eigenvalue weighted by molar-refractivity contribution is 5.76. The first-order chi connectivity index (χ1) is 10.6. The molecule has 2 atom stereocenters. The lowest BCUT2D eigenvalue weighted by Crippen LogP contribution is -2.42. The Hall–Kier alpha value is -1.36. The Labute approximate surface area is 132 Å². The summed E-state index contributed by atoms with van der Waals surface area (Å²) in [5.74, 6) is 2.29. The van der Waals surface area contributed by atoms with E-state index >= 15 is 0 Å². The summed E-state index contributed by atoms with van der Waals surface area (Å²) in [6.07, 6.45) is 7.74. The molecule has 2 N–H and O–H groups in total. The smallest absolute Gasteiger partial charge is 0.220 e. The standard InChI is InChI=1S/C17H28N4O/c1-12(2)15-10-21(9-13-3-4-13)11-16(15)20-17(22)6-5-14-7-18-19-8-14/h7-8,12-13,15-16H,3-6,9-11H2,1-2H3,(H,18,19)(H,20,22)/t15-,16+/m1/s1. The summed E-state index contributed by atoms with van der Waals surface area (Å²) in [5.41, 5.74) is 1.09. The lowest BCUT2D eigenvalue weighted by Gasteiger charge is -2.23. The molecule has 2 fully saturated rings. The Kier molecular flexibility index (Phi) is 4.81. The Morgan fingerprint density at radius 1 is 1.45 bits per heavy atom. The van der Waals surface area contributed by atoms with E-state index in [1.807, 2.05) is 6.20 Å². The molecule has 22 heavy (non-hydrogen) atoms. The van der Waals surface area contributed by atoms with Gasteiger partial charge in [0.15, 0.2) is 0 Å². The van der Waals surface area contributed by atoms with Crippen molar-refractivity contribution in [3.63, 3.8) is 0 Å². The average molecular weight is 304 g/mol. The second-order valence-electron chi connectivity index (χ2n) is 7.35. The summed E-state index contributed by atoms with van der Waals surface area (Å²) in [6, 6.07) is 0.315. The number of carbonyl (C=O) groups is 1. The molecule has 1 amide bonds. The number of aromatic nitrogens is 2. The molecule has 2 heterocycles. The predicted molar refractivity (Wildman–Crippen MR) is 86.3 cm³/mol. The van der Waals surface area contributed by atoms with Crippen LogP contribution >= 0.6 is 0 Å². The van der Waals surface area contributed by atoms with Crippen LogP contribution < -0.4 is 5.32 Å². The summed E-state index contributed by atoms with van der Waals surface area (Å²) in [5, 5.41) is 9.99. The first kappa shape index (κ1) is 15.5. The Morgan fingerprint density at radius 2 is 2.27 bits per heavy atom. The van der Waals surface area contributed by atoms with Gasteiger partial charge in [0, 0.05) is 38.3 Å². The van der Waals surface area contributed by atoms with Crippen LogP contribution in [0.2, 0.25) is 0 Å². The summed E-state index contributed by atoms with van der Waals surface area (Å²) >= 11 is 0. The Bertz CT molecular complexity index is 481. The lowest BCUT2D eigenvalue weighted by molar-refractivity contribution is -0.122. The van der Waals surface area contributed by atoms with Gasteiger partial charge in [-0.3, -0.25) is 9.89 Å². The molecule has 3 rings (SSSR count). The van der Waals surface area contributed by atoms with Crippen LogP contribution in [0.25, 0.3) is 0 Å². The van der Waals surface area contributed by atoms with Gasteiger partial charge in [0.1, 0.15) is 0 Å². The lowest BCUT2D eigenvalue weighted by atomic mass is 9.91. The van der Waals surface area contributed by atoms with Crippen LogP contribution in [0.5, 0.6) is 0 Å². The van der Waals surface area contributed by atoms with Crippen molar-refractivity contribution in [2.45, 2.75) is 45.6 Å². The number of hydrogen-bond acceptors (Lipinski definition) is 3. The quantitative estimate of drug-likeness (QED) is 0.808. The van der Waals surface area contributed by atoms with Gasteiger partial charge in [0.25, 0.3) is 0 Å². The second-order valence-corrected chi connectivity index (χ2v) is 7.35. The van der Waals surface area contributed by atoms with Crippen molar-refractivity contribution in [1.82, 2.24) is 20.4 Å². The normalized spacial score (nSPS) is 25.8. The van der Waals surface area contributed by atoms with Crippen molar-refractivity contribution in [2.24, 2.45) is 17.8 Å². The number of nitrogens with one attached hydrogen (secondary N) is 2. The third-order valence-corrected chi connectivity index (χ3v) is 5.05. The van der Waals surface area contributed by atoms with Gasteiger partial charge in [-0.05, 0) is 42.6 Å². The largest absolute Gasteiger partial charge is 0.352 e. The van der Waals surface area contributed by atoms with Crippen molar-refractivity contribution < 1.29 is 4.79 Å². The van der Waals surface area contributed by atoms with E-state index in [4.69, 9.17) is 0 Å². The number of likely N-dealkylation sites (tertiary alicyclic amines) is 1. The number of amides is 1. The molecular weight excluding hydrogens is 276 g/mol. The Balaban J connectivity index is 1.48. The van der Waals surface area contributed by atoms with Gasteiger partial charge >= 0.3 is 0 Å². The molecular formula is C17H28N4O. The first-order valence-corrected chi connectivity index (χ1v) is 8.61. The van der Waals surface area contributed by atoms with Crippen molar-refractivity contribution in [3.8, 4) is 0 Å². The number of carbonyl (C=O) groups excluding carboxylic acids is 1. The highest BCUT2D eigenvalue weighted by atomic mass is 16.1. The van der Waals surface area contributed by atoms with Crippen LogP contribution in [0, 0.1) is 17.8 Å². The number of aromatic amines is 1. The number of nitrogens with zero attached hydrogens (tertiary/aromatic N) is 2. The number of hydrogen-bond donors (Lipinski definition) is 2. The minimum absolute atomic E-state index is 0.171. The molecule has 0 radical (unpaired) electrons. The van der Waals surface area contributed by atoms with Gasteiger partial charge in [-0.25, -0.2) is 0 Å². The molecule has 122 valence electrons.